The second-order valence-electron chi connectivity index (χ2n) is 4.26. The van der Waals surface area contributed by atoms with Gasteiger partial charge in [0.15, 0.2) is 5.03 Å². The molecule has 0 amide bonds. The highest BCUT2D eigenvalue weighted by atomic mass is 32.2. The summed E-state index contributed by atoms with van der Waals surface area (Å²) in [6.07, 6.45) is 1.31. The predicted octanol–water partition coefficient (Wildman–Crippen LogP) is 1.68. The summed E-state index contributed by atoms with van der Waals surface area (Å²) >= 11 is 0. The maximum Gasteiger partial charge on any atom is 0.281 e. The zero-order valence-corrected chi connectivity index (χ0v) is 11.8. The molecule has 0 saturated carbocycles. The van der Waals surface area contributed by atoms with Gasteiger partial charge in [0.1, 0.15) is 0 Å². The second-order valence-corrected chi connectivity index (χ2v) is 5.86. The van der Waals surface area contributed by atoms with E-state index in [9.17, 15) is 18.5 Å². The van der Waals surface area contributed by atoms with Crippen LogP contribution in [0.2, 0.25) is 0 Å². The van der Waals surface area contributed by atoms with Crippen molar-refractivity contribution in [2.24, 2.45) is 0 Å². The van der Waals surface area contributed by atoms with E-state index in [4.69, 9.17) is 5.73 Å². The molecule has 2 rings (SSSR count). The van der Waals surface area contributed by atoms with E-state index in [1.165, 1.54) is 36.5 Å². The first-order chi connectivity index (χ1) is 9.81. The van der Waals surface area contributed by atoms with Gasteiger partial charge in [0, 0.05) is 18.3 Å². The fourth-order valence-electron chi connectivity index (χ4n) is 1.70. The topological polar surface area (TPSA) is 128 Å². The Balaban J connectivity index is 2.38. The molecule has 110 valence electrons. The molecule has 0 saturated heterocycles. The summed E-state index contributed by atoms with van der Waals surface area (Å²) in [6.45, 7) is 1.56. The van der Waals surface area contributed by atoms with Crippen molar-refractivity contribution in [1.82, 2.24) is 4.98 Å². The van der Waals surface area contributed by atoms with E-state index < -0.39 is 14.9 Å². The molecule has 0 bridgehead atoms. The SMILES string of the molecule is Cc1cc([N+](=O)[O-])ccc1NS(=O)(=O)c1ncccc1N. The molecule has 0 spiro atoms. The fourth-order valence-corrected chi connectivity index (χ4v) is 2.89. The number of nitrogen functional groups attached to an aromatic ring is 1. The number of aryl methyl sites for hydroxylation is 1. The van der Waals surface area contributed by atoms with Crippen molar-refractivity contribution in [2.45, 2.75) is 11.9 Å². The molecule has 0 fully saturated rings. The normalized spacial score (nSPS) is 11.1. The third kappa shape index (κ3) is 3.08. The second kappa shape index (κ2) is 5.37. The van der Waals surface area contributed by atoms with Gasteiger partial charge < -0.3 is 5.73 Å². The van der Waals surface area contributed by atoms with E-state index in [1.54, 1.807) is 6.92 Å². The molecule has 0 unspecified atom stereocenters. The van der Waals surface area contributed by atoms with Crippen LogP contribution in [0.5, 0.6) is 0 Å². The van der Waals surface area contributed by atoms with Gasteiger partial charge in [-0.3, -0.25) is 14.8 Å². The van der Waals surface area contributed by atoms with Crippen LogP contribution in [0.1, 0.15) is 5.56 Å². The highest BCUT2D eigenvalue weighted by Crippen LogP contribution is 2.24. The van der Waals surface area contributed by atoms with Crippen LogP contribution < -0.4 is 10.5 Å². The van der Waals surface area contributed by atoms with Gasteiger partial charge >= 0.3 is 0 Å². The summed E-state index contributed by atoms with van der Waals surface area (Å²) in [7, 11) is -3.96. The van der Waals surface area contributed by atoms with Crippen molar-refractivity contribution in [1.29, 1.82) is 0 Å². The Morgan fingerprint density at radius 3 is 2.62 bits per heavy atom. The van der Waals surface area contributed by atoms with Gasteiger partial charge in [0.25, 0.3) is 15.7 Å². The highest BCUT2D eigenvalue weighted by Gasteiger charge is 2.20. The lowest BCUT2D eigenvalue weighted by Crippen LogP contribution is -2.17. The molecule has 1 aromatic heterocycles. The summed E-state index contributed by atoms with van der Waals surface area (Å²) in [5, 5.41) is 10.4. The number of anilines is 2. The summed E-state index contributed by atoms with van der Waals surface area (Å²) in [4.78, 5) is 13.8. The van der Waals surface area contributed by atoms with Gasteiger partial charge in [-0.2, -0.15) is 8.42 Å². The minimum atomic E-state index is -3.96. The van der Waals surface area contributed by atoms with Crippen LogP contribution in [0.3, 0.4) is 0 Å². The van der Waals surface area contributed by atoms with Crippen molar-refractivity contribution in [3.8, 4) is 0 Å². The Kier molecular flexibility index (Phi) is 3.76. The number of nitrogens with two attached hydrogens (primary N) is 1. The number of nitro benzene ring substituents is 1. The lowest BCUT2D eigenvalue weighted by molar-refractivity contribution is -0.384. The molecule has 1 heterocycles. The Bertz CT molecular complexity index is 805. The van der Waals surface area contributed by atoms with Crippen LogP contribution >= 0.6 is 0 Å². The maximum absolute atomic E-state index is 12.2. The summed E-state index contributed by atoms with van der Waals surface area (Å²) < 4.78 is 26.7. The minimum absolute atomic E-state index is 0.0181. The molecule has 0 aliphatic heterocycles. The van der Waals surface area contributed by atoms with Crippen LogP contribution in [-0.2, 0) is 10.0 Å². The fraction of sp³-hybridized carbons (Fsp3) is 0.0833. The van der Waals surface area contributed by atoms with Crippen LogP contribution in [0.25, 0.3) is 0 Å². The number of nitrogens with zero attached hydrogens (tertiary/aromatic N) is 2. The summed E-state index contributed by atoms with van der Waals surface area (Å²) in [5.74, 6) is 0. The summed E-state index contributed by atoms with van der Waals surface area (Å²) in [5.41, 5.74) is 6.14. The number of benzene rings is 1. The van der Waals surface area contributed by atoms with Crippen molar-refractivity contribution in [3.05, 3.63) is 52.2 Å². The van der Waals surface area contributed by atoms with E-state index in [-0.39, 0.29) is 22.1 Å². The smallest absolute Gasteiger partial charge is 0.281 e. The minimum Gasteiger partial charge on any atom is -0.396 e. The van der Waals surface area contributed by atoms with Crippen molar-refractivity contribution in [2.75, 3.05) is 10.5 Å². The Hall–Kier alpha value is -2.68. The largest absolute Gasteiger partial charge is 0.396 e. The molecule has 9 heteroatoms. The van der Waals surface area contributed by atoms with Crippen LogP contribution in [0, 0.1) is 17.0 Å². The Morgan fingerprint density at radius 2 is 2.05 bits per heavy atom. The molecular weight excluding hydrogens is 296 g/mol. The van der Waals surface area contributed by atoms with Gasteiger partial charge in [0.05, 0.1) is 16.3 Å². The Morgan fingerprint density at radius 1 is 1.33 bits per heavy atom. The average Bonchev–Trinajstić information content (AvgIpc) is 2.41. The third-order valence-electron chi connectivity index (χ3n) is 2.72. The molecule has 1 aromatic carbocycles. The molecule has 0 aliphatic rings. The first kappa shape index (κ1) is 14.7. The number of sulfonamides is 1. The van der Waals surface area contributed by atoms with Crippen LogP contribution in [0.4, 0.5) is 17.1 Å². The van der Waals surface area contributed by atoms with Crippen LogP contribution in [-0.4, -0.2) is 18.3 Å². The maximum atomic E-state index is 12.2. The number of pyridine rings is 1. The van der Waals surface area contributed by atoms with Crippen molar-refractivity contribution in [3.63, 3.8) is 0 Å². The van der Waals surface area contributed by atoms with Gasteiger partial charge in [0.2, 0.25) is 0 Å². The summed E-state index contributed by atoms with van der Waals surface area (Å²) in [6, 6.07) is 6.76. The monoisotopic (exact) mass is 308 g/mol. The number of non-ortho nitro benzene ring substituents is 1. The highest BCUT2D eigenvalue weighted by molar-refractivity contribution is 7.92. The van der Waals surface area contributed by atoms with E-state index in [0.717, 1.165) is 0 Å². The number of nitro groups is 1. The first-order valence-corrected chi connectivity index (χ1v) is 7.28. The number of hydrogen-bond acceptors (Lipinski definition) is 6. The molecule has 8 nitrogen and oxygen atoms in total. The molecule has 21 heavy (non-hydrogen) atoms. The zero-order chi connectivity index (χ0) is 15.6. The lowest BCUT2D eigenvalue weighted by atomic mass is 10.2. The number of aromatic nitrogens is 1. The van der Waals surface area contributed by atoms with E-state index in [0.29, 0.717) is 5.56 Å². The van der Waals surface area contributed by atoms with E-state index in [1.807, 2.05) is 0 Å². The number of hydrogen-bond donors (Lipinski definition) is 2. The van der Waals surface area contributed by atoms with Crippen molar-refractivity contribution >= 4 is 27.1 Å². The lowest BCUT2D eigenvalue weighted by Gasteiger charge is -2.11. The van der Waals surface area contributed by atoms with Crippen LogP contribution in [0.15, 0.2) is 41.6 Å². The molecule has 0 radical (unpaired) electrons. The van der Waals surface area contributed by atoms with Gasteiger partial charge in [-0.25, -0.2) is 4.98 Å². The number of nitrogens with one attached hydrogen (secondary N) is 1. The standard InChI is InChI=1S/C12H12N4O4S/c1-8-7-9(16(17)18)4-5-11(8)15-21(19,20)12-10(13)3-2-6-14-12/h2-7,15H,13H2,1H3. The average molecular weight is 308 g/mol. The molecule has 0 aliphatic carbocycles. The molecular formula is C12H12N4O4S. The Labute approximate surface area is 120 Å². The van der Waals surface area contributed by atoms with E-state index >= 15 is 0 Å². The number of rotatable bonds is 4. The molecule has 3 N–H and O–H groups in total. The van der Waals surface area contributed by atoms with Gasteiger partial charge in [-0.05, 0) is 30.7 Å². The quantitative estimate of drug-likeness (QED) is 0.653. The molecule has 2 aromatic rings. The van der Waals surface area contributed by atoms with E-state index in [2.05, 4.69) is 9.71 Å². The first-order valence-electron chi connectivity index (χ1n) is 5.79. The van der Waals surface area contributed by atoms with Gasteiger partial charge in [-0.15, -0.1) is 0 Å². The predicted molar refractivity (Wildman–Crippen MR) is 77.3 cm³/mol. The van der Waals surface area contributed by atoms with Crippen molar-refractivity contribution < 1.29 is 13.3 Å². The zero-order valence-electron chi connectivity index (χ0n) is 11.0. The third-order valence-corrected chi connectivity index (χ3v) is 4.06. The molecule has 0 atom stereocenters. The van der Waals surface area contributed by atoms with Gasteiger partial charge in [-0.1, -0.05) is 0 Å².